The van der Waals surface area contributed by atoms with Gasteiger partial charge in [-0.1, -0.05) is 18.4 Å². The Hall–Kier alpha value is -1.90. The van der Waals surface area contributed by atoms with Crippen LogP contribution in [0.1, 0.15) is 55.1 Å². The number of halogens is 1. The number of rotatable bonds is 1. The second kappa shape index (κ2) is 11.6. The summed E-state index contributed by atoms with van der Waals surface area (Å²) in [5, 5.41) is 0.00991. The number of aromatic nitrogens is 1. The van der Waals surface area contributed by atoms with Gasteiger partial charge in [0.15, 0.2) is 5.43 Å². The summed E-state index contributed by atoms with van der Waals surface area (Å²) in [5.41, 5.74) is 11.0. The van der Waals surface area contributed by atoms with Crippen LogP contribution in [0.15, 0.2) is 10.9 Å². The first-order valence-electron chi connectivity index (χ1n) is 9.93. The number of hydrogen-bond acceptors (Lipinski definition) is 4. The molecule has 0 radical (unpaired) electrons. The minimum atomic E-state index is -0.801. The zero-order chi connectivity index (χ0) is 21.1. The molecule has 1 aromatic heterocycles. The van der Waals surface area contributed by atoms with Crippen molar-refractivity contribution in [2.45, 2.75) is 52.0 Å². The van der Waals surface area contributed by atoms with Gasteiger partial charge in [-0.2, -0.15) is 6.07 Å². The molecule has 9 heteroatoms. The third kappa shape index (κ3) is 5.67. The molecule has 0 spiro atoms. The second-order valence-electron chi connectivity index (χ2n) is 7.47. The van der Waals surface area contributed by atoms with Gasteiger partial charge in [-0.3, -0.25) is 14.4 Å². The van der Waals surface area contributed by atoms with E-state index in [1.54, 1.807) is 11.5 Å². The average molecular weight is 439 g/mol. The van der Waals surface area contributed by atoms with Crippen LogP contribution >= 0.6 is 0 Å². The Morgan fingerprint density at radius 2 is 1.71 bits per heavy atom. The topological polar surface area (TPSA) is 111 Å². The van der Waals surface area contributed by atoms with Crippen LogP contribution in [-0.4, -0.2) is 34.4 Å². The molecule has 2 amide bonds. The number of hydrogen-bond donors (Lipinski definition) is 2. The largest absolute Gasteiger partial charge is 1.00 e. The van der Waals surface area contributed by atoms with Gasteiger partial charge >= 0.3 is 29.6 Å². The van der Waals surface area contributed by atoms with Crippen molar-refractivity contribution in [1.29, 1.82) is 0 Å². The molecular weight excluding hydrogens is 410 g/mol. The molecule has 3 heterocycles. The number of anilines is 1. The molecule has 4 N–H and O–H groups in total. The molecule has 31 heavy (non-hydrogen) atoms. The second-order valence-corrected chi connectivity index (χ2v) is 7.47. The summed E-state index contributed by atoms with van der Waals surface area (Å²) >= 11 is 0. The standard InChI is InChI=1S/C13H11FN3O2.C8H15NO.CH3.Na/c14-6-3-4-8-9(11(6)15)12(18)10(13(16)19)7-2-1-5-17(7)8;1-8(10)9-6-4-2-3-5-7-9;;/h4H,1-2,5,15H2,(H2,16,19);2-7H2,1H3;1H3;/q-1;;-1;+1. The van der Waals surface area contributed by atoms with E-state index >= 15 is 0 Å². The first-order chi connectivity index (χ1) is 13.8. The van der Waals surface area contributed by atoms with E-state index in [0.717, 1.165) is 19.5 Å². The number of carbonyl (C=O) groups is 2. The maximum absolute atomic E-state index is 13.5. The predicted octanol–water partition coefficient (Wildman–Crippen LogP) is -0.569. The summed E-state index contributed by atoms with van der Waals surface area (Å²) in [6, 6.07) is 3.77. The van der Waals surface area contributed by atoms with Crippen LogP contribution in [0.3, 0.4) is 0 Å². The van der Waals surface area contributed by atoms with Gasteiger partial charge in [-0.15, -0.1) is 6.07 Å². The van der Waals surface area contributed by atoms with Crippen molar-refractivity contribution in [1.82, 2.24) is 9.47 Å². The normalized spacial score (nSPS) is 15.0. The number of carbonyl (C=O) groups excluding carboxylic acids is 2. The van der Waals surface area contributed by atoms with Crippen LogP contribution in [0, 0.1) is 19.3 Å². The fraction of sp³-hybridized carbons (Fsp3) is 0.455. The van der Waals surface area contributed by atoms with Crippen molar-refractivity contribution in [3.05, 3.63) is 46.9 Å². The van der Waals surface area contributed by atoms with Gasteiger partial charge in [0.1, 0.15) is 5.56 Å². The Labute approximate surface area is 204 Å². The molecular formula is C22H29FN4NaO3-. The first kappa shape index (κ1) is 27.1. The van der Waals surface area contributed by atoms with E-state index < -0.39 is 17.2 Å². The number of benzene rings is 1. The molecule has 1 aromatic carbocycles. The number of nitrogens with zero attached hydrogens (tertiary/aromatic N) is 2. The van der Waals surface area contributed by atoms with Gasteiger partial charge in [-0.05, 0) is 36.8 Å². The Kier molecular flexibility index (Phi) is 10.2. The van der Waals surface area contributed by atoms with Crippen molar-refractivity contribution in [2.75, 3.05) is 18.8 Å². The van der Waals surface area contributed by atoms with E-state index in [-0.39, 0.29) is 59.5 Å². The third-order valence-electron chi connectivity index (χ3n) is 5.55. The molecule has 2 aromatic rings. The van der Waals surface area contributed by atoms with Crippen molar-refractivity contribution < 1.29 is 43.5 Å². The van der Waals surface area contributed by atoms with Crippen LogP contribution in [0.4, 0.5) is 10.1 Å². The van der Waals surface area contributed by atoms with Crippen LogP contribution in [0.2, 0.25) is 0 Å². The Morgan fingerprint density at radius 1 is 1.10 bits per heavy atom. The molecule has 0 unspecified atom stereocenters. The van der Waals surface area contributed by atoms with E-state index in [1.165, 1.54) is 31.7 Å². The van der Waals surface area contributed by atoms with E-state index in [1.807, 2.05) is 4.90 Å². The van der Waals surface area contributed by atoms with Crippen LogP contribution in [-0.2, 0) is 17.8 Å². The maximum atomic E-state index is 13.5. The number of nitrogen functional groups attached to an aromatic ring is 1. The molecule has 0 aliphatic carbocycles. The molecule has 0 atom stereocenters. The SMILES string of the molecule is CC(=O)N1CCCCCC1.NC(=O)c1c2n(c3c[c-]c(F)c(N)c3c1=O)CCC2.[CH3-].[Na+]. The van der Waals surface area contributed by atoms with Crippen molar-refractivity contribution in [2.24, 2.45) is 5.73 Å². The van der Waals surface area contributed by atoms with Crippen molar-refractivity contribution in [3.8, 4) is 0 Å². The molecule has 4 rings (SSSR count). The van der Waals surface area contributed by atoms with Crippen molar-refractivity contribution in [3.63, 3.8) is 0 Å². The molecule has 2 aliphatic heterocycles. The van der Waals surface area contributed by atoms with Crippen molar-refractivity contribution >= 4 is 28.4 Å². The number of primary amides is 1. The monoisotopic (exact) mass is 439 g/mol. The van der Waals surface area contributed by atoms with Gasteiger partial charge in [-0.25, -0.2) is 4.39 Å². The predicted molar refractivity (Wildman–Crippen MR) is 115 cm³/mol. The van der Waals surface area contributed by atoms with Crippen LogP contribution in [0.25, 0.3) is 10.9 Å². The maximum Gasteiger partial charge on any atom is 1.00 e. The van der Waals surface area contributed by atoms with Crippen LogP contribution < -0.4 is 46.5 Å². The van der Waals surface area contributed by atoms with Crippen LogP contribution in [0.5, 0.6) is 0 Å². The third-order valence-corrected chi connectivity index (χ3v) is 5.55. The zero-order valence-electron chi connectivity index (χ0n) is 18.6. The van der Waals surface area contributed by atoms with Gasteiger partial charge in [0.25, 0.3) is 5.91 Å². The smallest absolute Gasteiger partial charge is 0.447 e. The molecule has 164 valence electrons. The van der Waals surface area contributed by atoms with E-state index in [0.29, 0.717) is 24.2 Å². The average Bonchev–Trinajstić information content (AvgIpc) is 2.98. The van der Waals surface area contributed by atoms with E-state index in [4.69, 9.17) is 11.5 Å². The summed E-state index contributed by atoms with van der Waals surface area (Å²) in [6.45, 7) is 4.27. The number of fused-ring (bicyclic) bond motifs is 3. The number of aryl methyl sites for hydroxylation is 1. The summed E-state index contributed by atoms with van der Waals surface area (Å²) in [4.78, 5) is 36.6. The molecule has 1 saturated heterocycles. The summed E-state index contributed by atoms with van der Waals surface area (Å²) in [6.07, 6.45) is 6.38. The summed E-state index contributed by atoms with van der Waals surface area (Å²) in [7, 11) is 0. The number of pyridine rings is 1. The number of likely N-dealkylation sites (tertiary alicyclic amines) is 1. The van der Waals surface area contributed by atoms with Gasteiger partial charge in [0.05, 0.1) is 0 Å². The Morgan fingerprint density at radius 3 is 2.26 bits per heavy atom. The van der Waals surface area contributed by atoms with Gasteiger partial charge in [0, 0.05) is 38.1 Å². The zero-order valence-corrected chi connectivity index (χ0v) is 20.6. The minimum Gasteiger partial charge on any atom is -0.447 e. The van der Waals surface area contributed by atoms with E-state index in [2.05, 4.69) is 6.07 Å². The number of nitrogens with two attached hydrogens (primary N) is 2. The molecule has 7 nitrogen and oxygen atoms in total. The molecule has 0 bridgehead atoms. The fourth-order valence-electron chi connectivity index (χ4n) is 4.08. The minimum absolute atomic E-state index is 0. The summed E-state index contributed by atoms with van der Waals surface area (Å²) in [5.74, 6) is -1.36. The fourth-order valence-corrected chi connectivity index (χ4v) is 4.08. The van der Waals surface area contributed by atoms with Gasteiger partial charge in [0.2, 0.25) is 5.91 Å². The Balaban J connectivity index is 0.000000345. The quantitative estimate of drug-likeness (QED) is 0.352. The van der Waals surface area contributed by atoms with E-state index in [9.17, 15) is 18.8 Å². The first-order valence-corrected chi connectivity index (χ1v) is 9.93. The van der Waals surface area contributed by atoms with Gasteiger partial charge < -0.3 is 28.4 Å². The molecule has 1 fully saturated rings. The Bertz CT molecular complexity index is 1010. The molecule has 2 aliphatic rings. The summed E-state index contributed by atoms with van der Waals surface area (Å²) < 4.78 is 15.3. The molecule has 0 saturated carbocycles. The number of amides is 2.